The van der Waals surface area contributed by atoms with Gasteiger partial charge in [0.1, 0.15) is 0 Å². The Morgan fingerprint density at radius 1 is 1.53 bits per heavy atom. The van der Waals surface area contributed by atoms with Crippen molar-refractivity contribution >= 4 is 21.4 Å². The number of nitrogens with zero attached hydrogens (tertiary/aromatic N) is 2. The second-order valence-electron chi connectivity index (χ2n) is 4.10. The predicted octanol–water partition coefficient (Wildman–Crippen LogP) is -0.000680. The third kappa shape index (κ3) is 3.31. The molecule has 0 atom stereocenters. The Morgan fingerprint density at radius 3 is 2.79 bits per heavy atom. The summed E-state index contributed by atoms with van der Waals surface area (Å²) >= 11 is 0.694. The van der Waals surface area contributed by atoms with E-state index in [4.69, 9.17) is 0 Å². The summed E-state index contributed by atoms with van der Waals surface area (Å²) in [5.41, 5.74) is 1.31. The highest BCUT2D eigenvalue weighted by molar-refractivity contribution is 7.91. The average molecular weight is 302 g/mol. The van der Waals surface area contributed by atoms with E-state index in [0.717, 1.165) is 5.56 Å². The Labute approximate surface area is 114 Å². The van der Waals surface area contributed by atoms with Crippen LogP contribution in [0.25, 0.3) is 0 Å². The highest BCUT2D eigenvalue weighted by atomic mass is 32.2. The molecular weight excluding hydrogens is 288 g/mol. The number of sulfonamides is 1. The van der Waals surface area contributed by atoms with Crippen LogP contribution in [0.5, 0.6) is 0 Å². The fraction of sp³-hybridized carbons (Fsp3) is 0.400. The number of rotatable bonds is 5. The topological polar surface area (TPSA) is 96.8 Å². The molecule has 2 aromatic rings. The summed E-state index contributed by atoms with van der Waals surface area (Å²) in [6.45, 7) is 1.83. The van der Waals surface area contributed by atoms with Crippen LogP contribution in [0.1, 0.15) is 11.3 Å². The Bertz CT molecular complexity index is 726. The summed E-state index contributed by atoms with van der Waals surface area (Å²) in [5.74, 6) is 0. The van der Waals surface area contributed by atoms with Gasteiger partial charge in [0, 0.05) is 25.5 Å². The minimum absolute atomic E-state index is 0.0451. The number of hydrogen-bond donors (Lipinski definition) is 2. The quantitative estimate of drug-likeness (QED) is 0.812. The van der Waals surface area contributed by atoms with Crippen LogP contribution >= 0.6 is 11.3 Å². The molecule has 0 unspecified atom stereocenters. The Kier molecular flexibility index (Phi) is 3.88. The van der Waals surface area contributed by atoms with Crippen LogP contribution in [0.4, 0.5) is 0 Å². The van der Waals surface area contributed by atoms with Crippen LogP contribution in [-0.2, 0) is 23.5 Å². The Balaban J connectivity index is 2.02. The maximum absolute atomic E-state index is 12.0. The van der Waals surface area contributed by atoms with E-state index in [-0.39, 0.29) is 15.6 Å². The highest BCUT2D eigenvalue weighted by Crippen LogP contribution is 2.15. The molecule has 104 valence electrons. The van der Waals surface area contributed by atoms with Crippen molar-refractivity contribution in [2.45, 2.75) is 17.6 Å². The molecule has 0 aliphatic heterocycles. The number of nitrogens with one attached hydrogen (secondary N) is 2. The van der Waals surface area contributed by atoms with Crippen molar-refractivity contribution < 1.29 is 8.42 Å². The van der Waals surface area contributed by atoms with E-state index < -0.39 is 10.0 Å². The van der Waals surface area contributed by atoms with E-state index in [1.54, 1.807) is 24.9 Å². The van der Waals surface area contributed by atoms with Crippen molar-refractivity contribution in [1.29, 1.82) is 0 Å². The van der Waals surface area contributed by atoms with E-state index in [9.17, 15) is 13.2 Å². The zero-order valence-electron chi connectivity index (χ0n) is 10.5. The van der Waals surface area contributed by atoms with E-state index in [1.165, 1.54) is 0 Å². The molecule has 2 N–H and O–H groups in total. The second kappa shape index (κ2) is 5.27. The van der Waals surface area contributed by atoms with Gasteiger partial charge in [-0.1, -0.05) is 11.3 Å². The Morgan fingerprint density at radius 2 is 2.26 bits per heavy atom. The van der Waals surface area contributed by atoms with E-state index in [2.05, 4.69) is 14.8 Å². The van der Waals surface area contributed by atoms with E-state index in [0.29, 0.717) is 23.5 Å². The lowest BCUT2D eigenvalue weighted by molar-refractivity contribution is 0.583. The molecule has 0 bridgehead atoms. The largest absolute Gasteiger partial charge is 0.315 e. The zero-order chi connectivity index (χ0) is 14.0. The lowest BCUT2D eigenvalue weighted by Gasteiger charge is -2.04. The molecule has 0 spiro atoms. The molecule has 2 heterocycles. The summed E-state index contributed by atoms with van der Waals surface area (Å²) in [6.07, 6.45) is 4.06. The van der Waals surface area contributed by atoms with Crippen molar-refractivity contribution in [1.82, 2.24) is 19.5 Å². The third-order valence-corrected chi connectivity index (χ3v) is 5.56. The van der Waals surface area contributed by atoms with Gasteiger partial charge in [0.05, 0.1) is 6.20 Å². The lowest BCUT2D eigenvalue weighted by atomic mass is 10.3. The van der Waals surface area contributed by atoms with E-state index >= 15 is 0 Å². The average Bonchev–Trinajstić information content (AvgIpc) is 2.85. The first-order chi connectivity index (χ1) is 8.88. The zero-order valence-corrected chi connectivity index (χ0v) is 12.1. The number of aromatic amines is 1. The molecular formula is C10H14N4O3S2. The standard InChI is InChI=1S/C10H14N4O3S2/c1-7-9(18-10(15)13-7)19(16,17)12-4-3-8-5-11-14(2)6-8/h5-6,12H,3-4H2,1-2H3,(H,13,15). The monoisotopic (exact) mass is 302 g/mol. The van der Waals surface area contributed by atoms with Crippen molar-refractivity contribution in [2.75, 3.05) is 6.54 Å². The number of aromatic nitrogens is 3. The van der Waals surface area contributed by atoms with Gasteiger partial charge in [-0.15, -0.1) is 0 Å². The number of thiazole rings is 1. The van der Waals surface area contributed by atoms with Crippen molar-refractivity contribution in [3.8, 4) is 0 Å². The molecule has 2 rings (SSSR count). The number of H-pyrrole nitrogens is 1. The first kappa shape index (κ1) is 14.0. The van der Waals surface area contributed by atoms with Crippen LogP contribution in [0.15, 0.2) is 21.4 Å². The number of aryl methyl sites for hydroxylation is 2. The van der Waals surface area contributed by atoms with Crippen LogP contribution in [0.3, 0.4) is 0 Å². The van der Waals surface area contributed by atoms with Gasteiger partial charge in [0.25, 0.3) is 10.0 Å². The van der Waals surface area contributed by atoms with Gasteiger partial charge in [-0.25, -0.2) is 13.1 Å². The molecule has 0 saturated carbocycles. The van der Waals surface area contributed by atoms with Gasteiger partial charge < -0.3 is 4.98 Å². The van der Waals surface area contributed by atoms with Gasteiger partial charge >= 0.3 is 4.87 Å². The molecule has 0 aliphatic carbocycles. The molecule has 0 radical (unpaired) electrons. The third-order valence-electron chi connectivity index (χ3n) is 2.49. The maximum Gasteiger partial charge on any atom is 0.305 e. The van der Waals surface area contributed by atoms with Crippen LogP contribution in [0.2, 0.25) is 0 Å². The van der Waals surface area contributed by atoms with Crippen molar-refractivity contribution in [3.05, 3.63) is 33.3 Å². The first-order valence-electron chi connectivity index (χ1n) is 5.55. The molecule has 0 aliphatic rings. The minimum atomic E-state index is -3.62. The van der Waals surface area contributed by atoms with Gasteiger partial charge in [-0.2, -0.15) is 5.10 Å². The number of hydrogen-bond acceptors (Lipinski definition) is 5. The summed E-state index contributed by atoms with van der Waals surface area (Å²) in [4.78, 5) is 13.2. The predicted molar refractivity (Wildman–Crippen MR) is 71.8 cm³/mol. The normalized spacial score (nSPS) is 11.9. The van der Waals surface area contributed by atoms with Crippen molar-refractivity contribution in [3.63, 3.8) is 0 Å². The molecule has 0 fully saturated rings. The van der Waals surface area contributed by atoms with Gasteiger partial charge in [0.15, 0.2) is 4.21 Å². The summed E-state index contributed by atoms with van der Waals surface area (Å²) in [5, 5.41) is 4.00. The molecule has 0 amide bonds. The maximum atomic E-state index is 12.0. The summed E-state index contributed by atoms with van der Waals surface area (Å²) < 4.78 is 28.1. The molecule has 2 aromatic heterocycles. The molecule has 0 aromatic carbocycles. The summed E-state index contributed by atoms with van der Waals surface area (Å²) in [6, 6.07) is 0. The highest BCUT2D eigenvalue weighted by Gasteiger charge is 2.19. The lowest BCUT2D eigenvalue weighted by Crippen LogP contribution is -2.25. The smallest absolute Gasteiger partial charge is 0.305 e. The molecule has 0 saturated heterocycles. The summed E-state index contributed by atoms with van der Waals surface area (Å²) in [7, 11) is -1.82. The minimum Gasteiger partial charge on any atom is -0.315 e. The fourth-order valence-electron chi connectivity index (χ4n) is 1.64. The molecule has 19 heavy (non-hydrogen) atoms. The van der Waals surface area contributed by atoms with Crippen LogP contribution in [-0.4, -0.2) is 29.7 Å². The van der Waals surface area contributed by atoms with Gasteiger partial charge in [-0.3, -0.25) is 9.48 Å². The molecule has 9 heteroatoms. The van der Waals surface area contributed by atoms with Gasteiger partial charge in [-0.05, 0) is 18.9 Å². The Hall–Kier alpha value is -1.45. The fourth-order valence-corrected chi connectivity index (χ4v) is 4.02. The van der Waals surface area contributed by atoms with Crippen LogP contribution in [0, 0.1) is 6.92 Å². The first-order valence-corrected chi connectivity index (χ1v) is 7.85. The SMILES string of the molecule is Cc1[nH]c(=O)sc1S(=O)(=O)NCCc1cnn(C)c1. The second-order valence-corrected chi connectivity index (χ2v) is 7.04. The van der Waals surface area contributed by atoms with Gasteiger partial charge in [0.2, 0.25) is 0 Å². The van der Waals surface area contributed by atoms with E-state index in [1.807, 2.05) is 6.20 Å². The molecule has 7 nitrogen and oxygen atoms in total. The van der Waals surface area contributed by atoms with Crippen molar-refractivity contribution in [2.24, 2.45) is 7.05 Å². The van der Waals surface area contributed by atoms with Crippen LogP contribution < -0.4 is 9.60 Å².